The van der Waals surface area contributed by atoms with Crippen LogP contribution < -0.4 is 0 Å². The molecule has 0 saturated carbocycles. The second kappa shape index (κ2) is 9.05. The minimum atomic E-state index is 0. The van der Waals surface area contributed by atoms with Crippen LogP contribution >= 0.6 is 0 Å². The molecule has 4 saturated heterocycles. The summed E-state index contributed by atoms with van der Waals surface area (Å²) in [6.45, 7) is 13.1. The summed E-state index contributed by atoms with van der Waals surface area (Å²) >= 11 is 0. The van der Waals surface area contributed by atoms with Gasteiger partial charge in [0, 0.05) is 38.6 Å². The number of rotatable bonds is 0. The summed E-state index contributed by atoms with van der Waals surface area (Å²) in [7, 11) is 0. The van der Waals surface area contributed by atoms with Gasteiger partial charge in [-0.05, 0) is 45.2 Å². The fourth-order valence-corrected chi connectivity index (χ4v) is 7.34. The third kappa shape index (κ3) is 3.51. The Balaban J connectivity index is 0.00000225. The molecule has 1 radical (unpaired) electrons. The van der Waals surface area contributed by atoms with E-state index in [1.54, 1.807) is 0 Å². The molecule has 7 heterocycles. The average Bonchev–Trinajstić information content (AvgIpc) is 3.68. The molecule has 6 nitrogen and oxygen atoms in total. The van der Waals surface area contributed by atoms with Crippen LogP contribution in [0.5, 0.6) is 0 Å². The molecule has 0 aliphatic carbocycles. The average molecular weight is 677 g/mol. The van der Waals surface area contributed by atoms with Crippen molar-refractivity contribution in [2.45, 2.75) is 24.4 Å². The van der Waals surface area contributed by atoms with E-state index in [1.807, 2.05) is 0 Å². The van der Waals surface area contributed by atoms with Gasteiger partial charge in [0.05, 0.1) is 0 Å². The molecule has 10 rings (SSSR count). The van der Waals surface area contributed by atoms with Crippen LogP contribution in [0.4, 0.5) is 0 Å². The second-order valence-electron chi connectivity index (χ2n) is 11.0. The largest absolute Gasteiger partial charge is 0.427 e. The van der Waals surface area contributed by atoms with E-state index in [0.717, 1.165) is 39.3 Å². The Morgan fingerprint density at radius 3 is 1.00 bits per heavy atom. The predicted molar refractivity (Wildman–Crippen MR) is 138 cm³/mol. The van der Waals surface area contributed by atoms with Crippen LogP contribution in [0.15, 0.2) is 54.6 Å². The summed E-state index contributed by atoms with van der Waals surface area (Å²) in [5.41, 5.74) is 7.26. The predicted octanol–water partition coefficient (Wildman–Crippen LogP) is 3.51. The molecule has 0 aromatic heterocycles. The number of nitrogens with zero attached hydrogens (tertiary/aromatic N) is 6. The van der Waals surface area contributed by atoms with E-state index in [0.29, 0.717) is 0 Å². The third-order valence-electron chi connectivity index (χ3n) is 8.91. The molecule has 6 atom stereocenters. The van der Waals surface area contributed by atoms with Gasteiger partial charge in [-0.2, -0.15) is 89.5 Å². The zero-order valence-electron chi connectivity index (χ0n) is 21.0. The van der Waals surface area contributed by atoms with Crippen molar-refractivity contribution in [3.05, 3.63) is 126 Å². The summed E-state index contributed by atoms with van der Waals surface area (Å²) in [4.78, 5) is 15.2. The van der Waals surface area contributed by atoms with E-state index >= 15 is 0 Å². The van der Waals surface area contributed by atoms with Crippen LogP contribution in [-0.2, 0) is 20.1 Å². The summed E-state index contributed by atoms with van der Waals surface area (Å²) in [5.74, 6) is 0.0324. The van der Waals surface area contributed by atoms with Crippen LogP contribution in [0.1, 0.15) is 57.8 Å². The Morgan fingerprint density at radius 2 is 0.711 bits per heavy atom. The minimum absolute atomic E-state index is 0. The van der Waals surface area contributed by atoms with E-state index in [2.05, 4.69) is 122 Å². The first-order chi connectivity index (χ1) is 18.3. The second-order valence-corrected chi connectivity index (χ2v) is 11.0. The monoisotopic (exact) mass is 677 g/mol. The summed E-state index contributed by atoms with van der Waals surface area (Å²) in [6.07, 6.45) is 0.351. The molecule has 4 fully saturated rings. The molecule has 7 aliphatic rings. The van der Waals surface area contributed by atoms with Gasteiger partial charge in [-0.15, -0.1) is 16.7 Å². The Kier molecular flexibility index (Phi) is 5.69. The van der Waals surface area contributed by atoms with Crippen molar-refractivity contribution in [3.63, 3.8) is 0 Å². The minimum Gasteiger partial charge on any atom is -0.427 e. The molecule has 16 bridgehead atoms. The fourth-order valence-electron chi connectivity index (χ4n) is 7.34. The van der Waals surface area contributed by atoms with Crippen molar-refractivity contribution in [1.82, 2.24) is 29.4 Å². The maximum Gasteiger partial charge on any atom is 0.0128 e. The Labute approximate surface area is 238 Å². The van der Waals surface area contributed by atoms with Crippen LogP contribution in [-0.4, -0.2) is 68.7 Å². The zero-order chi connectivity index (χ0) is 24.1. The Morgan fingerprint density at radius 1 is 0.447 bits per heavy atom. The van der Waals surface area contributed by atoms with E-state index in [4.69, 9.17) is 0 Å². The molecule has 0 spiro atoms. The Hall–Kier alpha value is -1.93. The smallest absolute Gasteiger partial charge is 0.0128 e. The molecule has 0 N–H and O–H groups in total. The molecule has 197 valence electrons. The van der Waals surface area contributed by atoms with Gasteiger partial charge in [0.15, 0.2) is 0 Å². The molecule has 3 aromatic rings. The van der Waals surface area contributed by atoms with Crippen LogP contribution in [0.2, 0.25) is 0 Å². The summed E-state index contributed by atoms with van der Waals surface area (Å²) in [6, 6.07) is 31.9. The first-order valence-corrected chi connectivity index (χ1v) is 13.5. The van der Waals surface area contributed by atoms with Crippen molar-refractivity contribution in [1.29, 1.82) is 0 Å². The topological polar surface area (TPSA) is 19.4 Å². The van der Waals surface area contributed by atoms with E-state index in [1.165, 1.54) is 33.4 Å². The molecule has 6 unspecified atom stereocenters. The van der Waals surface area contributed by atoms with Gasteiger partial charge in [-0.1, -0.05) is 0 Å². The molecular weight excluding hydrogens is 649 g/mol. The van der Waals surface area contributed by atoms with Crippen LogP contribution in [0, 0.1) is 38.2 Å². The van der Waals surface area contributed by atoms with Crippen molar-refractivity contribution < 1.29 is 20.1 Å². The van der Waals surface area contributed by atoms with Gasteiger partial charge in [0.25, 0.3) is 0 Å². The number of hydrogen-bond donors (Lipinski definition) is 0. The van der Waals surface area contributed by atoms with Gasteiger partial charge in [0.1, 0.15) is 0 Å². The first kappa shape index (κ1) is 23.9. The zero-order valence-corrected chi connectivity index (χ0v) is 23.4. The molecule has 3 aromatic carbocycles. The third-order valence-corrected chi connectivity index (χ3v) is 8.91. The first-order valence-electron chi connectivity index (χ1n) is 13.5. The molecule has 38 heavy (non-hydrogen) atoms. The molecule has 0 amide bonds. The molecule has 7 heteroatoms. The number of hydrogen-bond acceptors (Lipinski definition) is 6. The Bertz CT molecular complexity index is 1180. The quantitative estimate of drug-likeness (QED) is 0.338. The maximum atomic E-state index is 3.92. The van der Waals surface area contributed by atoms with Gasteiger partial charge in [-0.25, -0.2) is 20.0 Å². The standard InChI is InChI=1S/C31H28N6.Ir/c1-4-22-16-25(7-1)29-32-10-12-34(19-32)30-26-8-2-5-23(17-26)28(22)24-6-3-9-27(18-24)31(35-13-11-33(29)20-35)37-15-14-36(30)21-37;/h1-9,19-21,28-31H,10-15H2;/q-6;. The summed E-state index contributed by atoms with van der Waals surface area (Å²) in [5, 5.41) is 0. The summed E-state index contributed by atoms with van der Waals surface area (Å²) < 4.78 is 0. The molecule has 7 aliphatic heterocycles. The number of benzene rings is 3. The van der Waals surface area contributed by atoms with Crippen molar-refractivity contribution in [2.24, 2.45) is 0 Å². The van der Waals surface area contributed by atoms with E-state index in [-0.39, 0.29) is 44.5 Å². The fraction of sp³-hybridized carbons (Fsp3) is 0.323. The van der Waals surface area contributed by atoms with Crippen molar-refractivity contribution >= 4 is 0 Å². The van der Waals surface area contributed by atoms with Gasteiger partial charge in [0.2, 0.25) is 0 Å². The van der Waals surface area contributed by atoms with E-state index in [9.17, 15) is 0 Å². The van der Waals surface area contributed by atoms with Crippen LogP contribution in [0.3, 0.4) is 0 Å². The van der Waals surface area contributed by atoms with E-state index < -0.39 is 0 Å². The van der Waals surface area contributed by atoms with Gasteiger partial charge in [-0.3, -0.25) is 0 Å². The van der Waals surface area contributed by atoms with Crippen molar-refractivity contribution in [2.75, 3.05) is 39.3 Å². The normalized spacial score (nSPS) is 39.5. The molecular formula is C31H28IrN6-6. The van der Waals surface area contributed by atoms with Gasteiger partial charge < -0.3 is 29.4 Å². The van der Waals surface area contributed by atoms with Gasteiger partial charge >= 0.3 is 0 Å². The van der Waals surface area contributed by atoms with Crippen molar-refractivity contribution in [3.8, 4) is 0 Å². The maximum absolute atomic E-state index is 3.92. The SMILES string of the molecule is [Ir].[c-]1c2cccc1C1N3[CH-]N(CC3)C3c4[c-]c(ccc4)C2c2[c-]c(ccc2)C(N2[CH-]N1CC2)N1[CH-]N3CC1. The van der Waals surface area contributed by atoms with Crippen LogP contribution in [0.25, 0.3) is 0 Å².